The summed E-state index contributed by atoms with van der Waals surface area (Å²) in [6.07, 6.45) is 3.62. The molecule has 96 valence electrons. The highest BCUT2D eigenvalue weighted by Gasteiger charge is 2.23. The summed E-state index contributed by atoms with van der Waals surface area (Å²) in [5.41, 5.74) is 2.06. The zero-order valence-electron chi connectivity index (χ0n) is 11.5. The Morgan fingerprint density at radius 1 is 1.29 bits per heavy atom. The monoisotopic (exact) mass is 237 g/mol. The third-order valence-electron chi connectivity index (χ3n) is 3.21. The lowest BCUT2D eigenvalue weighted by atomic mass is 10.1. The molecule has 1 aliphatic rings. The van der Waals surface area contributed by atoms with E-state index in [0.29, 0.717) is 6.04 Å². The number of anilines is 1. The summed E-state index contributed by atoms with van der Waals surface area (Å²) in [4.78, 5) is 2.34. The molecule has 1 unspecified atom stereocenters. The van der Waals surface area contributed by atoms with Crippen molar-refractivity contribution >= 4 is 5.69 Å². The van der Waals surface area contributed by atoms with Crippen LogP contribution in [0.2, 0.25) is 0 Å². The molecule has 0 bridgehead atoms. The van der Waals surface area contributed by atoms with E-state index >= 15 is 0 Å². The predicted octanol–water partition coefficient (Wildman–Crippen LogP) is 4.54. The van der Waals surface area contributed by atoms with Gasteiger partial charge in [-0.1, -0.05) is 20.8 Å². The second-order valence-electron chi connectivity index (χ2n) is 4.38. The van der Waals surface area contributed by atoms with Gasteiger partial charge in [0, 0.05) is 18.3 Å². The van der Waals surface area contributed by atoms with Crippen molar-refractivity contribution in [3.63, 3.8) is 0 Å². The van der Waals surface area contributed by atoms with Gasteiger partial charge >= 0.3 is 0 Å². The van der Waals surface area contributed by atoms with Gasteiger partial charge in [-0.2, -0.15) is 0 Å². The quantitative estimate of drug-likeness (QED) is 0.730. The standard InChI is InChI=1S/C13H18FN.C2H6/c1-3-12-5-4-6-15(12)13-8-10(2)7-11(14)9-13;1-2/h7-9,12H,3-6H2,1-2H3;1-2H3. The molecule has 1 aromatic rings. The van der Waals surface area contributed by atoms with Crippen molar-refractivity contribution in [2.75, 3.05) is 11.4 Å². The van der Waals surface area contributed by atoms with Gasteiger partial charge in [0.25, 0.3) is 0 Å². The first-order chi connectivity index (χ1) is 8.20. The molecule has 1 nitrogen and oxygen atoms in total. The van der Waals surface area contributed by atoms with Crippen molar-refractivity contribution in [1.29, 1.82) is 0 Å². The van der Waals surface area contributed by atoms with E-state index in [0.717, 1.165) is 24.2 Å². The number of aryl methyl sites for hydroxylation is 1. The van der Waals surface area contributed by atoms with E-state index in [4.69, 9.17) is 0 Å². The van der Waals surface area contributed by atoms with Crippen LogP contribution in [0.15, 0.2) is 18.2 Å². The number of halogens is 1. The van der Waals surface area contributed by atoms with E-state index in [1.54, 1.807) is 12.1 Å². The van der Waals surface area contributed by atoms with E-state index in [2.05, 4.69) is 17.9 Å². The third kappa shape index (κ3) is 3.45. The number of hydrogen-bond donors (Lipinski definition) is 0. The first-order valence-corrected chi connectivity index (χ1v) is 6.74. The summed E-state index contributed by atoms with van der Waals surface area (Å²) in [5, 5.41) is 0. The van der Waals surface area contributed by atoms with Crippen LogP contribution >= 0.6 is 0 Å². The van der Waals surface area contributed by atoms with Crippen LogP contribution in [0, 0.1) is 12.7 Å². The van der Waals surface area contributed by atoms with Gasteiger partial charge in [-0.25, -0.2) is 4.39 Å². The maximum absolute atomic E-state index is 13.3. The van der Waals surface area contributed by atoms with Crippen LogP contribution in [0.3, 0.4) is 0 Å². The molecule has 0 aliphatic carbocycles. The Labute approximate surface area is 105 Å². The van der Waals surface area contributed by atoms with Crippen LogP contribution in [0.4, 0.5) is 10.1 Å². The van der Waals surface area contributed by atoms with Crippen molar-refractivity contribution in [3.8, 4) is 0 Å². The molecule has 0 aromatic heterocycles. The first-order valence-electron chi connectivity index (χ1n) is 6.74. The number of hydrogen-bond acceptors (Lipinski definition) is 1. The molecule has 1 atom stereocenters. The highest BCUT2D eigenvalue weighted by atomic mass is 19.1. The number of nitrogens with zero attached hydrogens (tertiary/aromatic N) is 1. The summed E-state index contributed by atoms with van der Waals surface area (Å²) in [5.74, 6) is -0.119. The second kappa shape index (κ2) is 6.63. The Morgan fingerprint density at radius 2 is 2.00 bits per heavy atom. The highest BCUT2D eigenvalue weighted by Crippen LogP contribution is 2.28. The summed E-state index contributed by atoms with van der Waals surface area (Å²) >= 11 is 0. The Morgan fingerprint density at radius 3 is 2.59 bits per heavy atom. The summed E-state index contributed by atoms with van der Waals surface area (Å²) < 4.78 is 13.3. The lowest BCUT2D eigenvalue weighted by Gasteiger charge is -2.26. The fourth-order valence-electron chi connectivity index (χ4n) is 2.48. The summed E-state index contributed by atoms with van der Waals surface area (Å²) in [7, 11) is 0. The van der Waals surface area contributed by atoms with E-state index < -0.39 is 0 Å². The number of benzene rings is 1. The SMILES string of the molecule is CC.CCC1CCCN1c1cc(C)cc(F)c1. The molecule has 0 spiro atoms. The van der Waals surface area contributed by atoms with Crippen LogP contribution in [-0.4, -0.2) is 12.6 Å². The van der Waals surface area contributed by atoms with Crippen molar-refractivity contribution in [1.82, 2.24) is 0 Å². The summed E-state index contributed by atoms with van der Waals surface area (Å²) in [6, 6.07) is 5.92. The van der Waals surface area contributed by atoms with Crippen molar-refractivity contribution in [2.24, 2.45) is 0 Å². The zero-order valence-corrected chi connectivity index (χ0v) is 11.5. The fraction of sp³-hybridized carbons (Fsp3) is 0.600. The maximum atomic E-state index is 13.3. The molecular formula is C15H24FN. The van der Waals surface area contributed by atoms with Crippen molar-refractivity contribution < 1.29 is 4.39 Å². The smallest absolute Gasteiger partial charge is 0.125 e. The minimum atomic E-state index is -0.119. The molecule has 2 heteroatoms. The molecule has 0 N–H and O–H groups in total. The van der Waals surface area contributed by atoms with E-state index in [1.807, 2.05) is 20.8 Å². The highest BCUT2D eigenvalue weighted by molar-refractivity contribution is 5.50. The first kappa shape index (κ1) is 14.0. The van der Waals surface area contributed by atoms with E-state index in [1.165, 1.54) is 12.8 Å². The molecule has 1 heterocycles. The normalized spacial score (nSPS) is 18.9. The van der Waals surface area contributed by atoms with Crippen LogP contribution < -0.4 is 4.90 Å². The largest absolute Gasteiger partial charge is 0.368 e. The molecule has 2 rings (SSSR count). The van der Waals surface area contributed by atoms with Crippen molar-refractivity contribution in [3.05, 3.63) is 29.6 Å². The van der Waals surface area contributed by atoms with Crippen LogP contribution in [0.1, 0.15) is 45.6 Å². The molecule has 0 amide bonds. The molecule has 1 aliphatic heterocycles. The zero-order chi connectivity index (χ0) is 12.8. The van der Waals surface area contributed by atoms with Gasteiger partial charge in [-0.15, -0.1) is 0 Å². The maximum Gasteiger partial charge on any atom is 0.125 e. The Hall–Kier alpha value is -1.05. The van der Waals surface area contributed by atoms with Crippen molar-refractivity contribution in [2.45, 2.75) is 53.0 Å². The predicted molar refractivity (Wildman–Crippen MR) is 73.1 cm³/mol. The second-order valence-corrected chi connectivity index (χ2v) is 4.38. The van der Waals surface area contributed by atoms with Gasteiger partial charge in [0.15, 0.2) is 0 Å². The third-order valence-corrected chi connectivity index (χ3v) is 3.21. The molecule has 1 fully saturated rings. The van der Waals surface area contributed by atoms with E-state index in [-0.39, 0.29) is 5.82 Å². The van der Waals surface area contributed by atoms with Gasteiger partial charge in [-0.05, 0) is 49.9 Å². The lowest BCUT2D eigenvalue weighted by molar-refractivity contribution is 0.618. The minimum absolute atomic E-state index is 0.119. The molecule has 0 radical (unpaired) electrons. The van der Waals surface area contributed by atoms with Crippen LogP contribution in [0.5, 0.6) is 0 Å². The molecular weight excluding hydrogens is 213 g/mol. The van der Waals surface area contributed by atoms with Gasteiger partial charge in [-0.3, -0.25) is 0 Å². The van der Waals surface area contributed by atoms with Crippen LogP contribution in [0.25, 0.3) is 0 Å². The average Bonchev–Trinajstić information content (AvgIpc) is 2.78. The summed E-state index contributed by atoms with van der Waals surface area (Å²) in [6.45, 7) is 9.22. The topological polar surface area (TPSA) is 3.24 Å². The molecule has 0 saturated carbocycles. The van der Waals surface area contributed by atoms with E-state index in [9.17, 15) is 4.39 Å². The minimum Gasteiger partial charge on any atom is -0.368 e. The lowest BCUT2D eigenvalue weighted by Crippen LogP contribution is -2.28. The molecule has 17 heavy (non-hydrogen) atoms. The molecule has 1 aromatic carbocycles. The Balaban J connectivity index is 0.000000686. The van der Waals surface area contributed by atoms with Gasteiger partial charge in [0.2, 0.25) is 0 Å². The Kier molecular flexibility index (Phi) is 5.46. The Bertz CT molecular complexity index is 329. The van der Waals surface area contributed by atoms with Crippen LogP contribution in [-0.2, 0) is 0 Å². The molecule has 1 saturated heterocycles. The van der Waals surface area contributed by atoms with Gasteiger partial charge < -0.3 is 4.90 Å². The fourth-order valence-corrected chi connectivity index (χ4v) is 2.48. The average molecular weight is 237 g/mol. The van der Waals surface area contributed by atoms with Gasteiger partial charge in [0.1, 0.15) is 5.82 Å². The van der Waals surface area contributed by atoms with Gasteiger partial charge in [0.05, 0.1) is 0 Å². The number of rotatable bonds is 2.